The van der Waals surface area contributed by atoms with Gasteiger partial charge in [0.1, 0.15) is 11.3 Å². The van der Waals surface area contributed by atoms with Crippen molar-refractivity contribution < 1.29 is 17.6 Å². The lowest BCUT2D eigenvalue weighted by Gasteiger charge is -2.35. The zero-order valence-corrected chi connectivity index (χ0v) is 16.2. The summed E-state index contributed by atoms with van der Waals surface area (Å²) in [7, 11) is 0. The molecule has 0 amide bonds. The van der Waals surface area contributed by atoms with Gasteiger partial charge in [0.15, 0.2) is 17.3 Å². The standard InChI is InChI=1S/C17H21F4N5S/c1-16(2,3)14-13(18)15(23-10-22-14)26-6-4-25(5-7-26)8-12-24-11(9-27-12)17(19,20)21/h9-10H,4-8H2,1-3H3. The van der Waals surface area contributed by atoms with Crippen LogP contribution in [0.25, 0.3) is 0 Å². The maximum Gasteiger partial charge on any atom is 0.434 e. The molecule has 0 spiro atoms. The Morgan fingerprint density at radius 1 is 1.07 bits per heavy atom. The van der Waals surface area contributed by atoms with E-state index >= 15 is 0 Å². The van der Waals surface area contributed by atoms with Crippen LogP contribution < -0.4 is 4.90 Å². The van der Waals surface area contributed by atoms with Crippen LogP contribution >= 0.6 is 11.3 Å². The van der Waals surface area contributed by atoms with E-state index in [1.54, 1.807) is 0 Å². The number of nitrogens with zero attached hydrogens (tertiary/aromatic N) is 5. The van der Waals surface area contributed by atoms with E-state index in [-0.39, 0.29) is 5.82 Å². The van der Waals surface area contributed by atoms with Crippen molar-refractivity contribution in [3.63, 3.8) is 0 Å². The summed E-state index contributed by atoms with van der Waals surface area (Å²) in [5.41, 5.74) is -0.902. The number of thiazole rings is 1. The van der Waals surface area contributed by atoms with Gasteiger partial charge in [0.2, 0.25) is 0 Å². The first-order valence-electron chi connectivity index (χ1n) is 8.55. The van der Waals surface area contributed by atoms with Gasteiger partial charge in [-0.3, -0.25) is 4.90 Å². The Hall–Kier alpha value is -1.81. The summed E-state index contributed by atoms with van der Waals surface area (Å²) in [4.78, 5) is 15.7. The Labute approximate surface area is 159 Å². The van der Waals surface area contributed by atoms with E-state index in [0.717, 1.165) is 16.7 Å². The average molecular weight is 403 g/mol. The number of alkyl halides is 3. The van der Waals surface area contributed by atoms with E-state index in [9.17, 15) is 17.6 Å². The van der Waals surface area contributed by atoms with Crippen molar-refractivity contribution in [2.75, 3.05) is 31.1 Å². The molecule has 0 aliphatic carbocycles. The number of hydrogen-bond acceptors (Lipinski definition) is 6. The second-order valence-corrected chi connectivity index (χ2v) is 8.44. The largest absolute Gasteiger partial charge is 0.434 e. The molecule has 2 aromatic rings. The van der Waals surface area contributed by atoms with E-state index in [0.29, 0.717) is 43.4 Å². The smallest absolute Gasteiger partial charge is 0.352 e. The van der Waals surface area contributed by atoms with Crippen LogP contribution in [0.15, 0.2) is 11.7 Å². The molecule has 27 heavy (non-hydrogen) atoms. The van der Waals surface area contributed by atoms with Gasteiger partial charge in [0, 0.05) is 37.0 Å². The molecule has 0 radical (unpaired) electrons. The molecule has 1 aliphatic rings. The second kappa shape index (κ2) is 7.31. The Morgan fingerprint density at radius 3 is 2.30 bits per heavy atom. The lowest BCUT2D eigenvalue weighted by atomic mass is 9.91. The molecular weight excluding hydrogens is 382 g/mol. The highest BCUT2D eigenvalue weighted by atomic mass is 32.1. The molecule has 3 heterocycles. The number of aromatic nitrogens is 3. The van der Waals surface area contributed by atoms with E-state index in [2.05, 4.69) is 15.0 Å². The number of hydrogen-bond donors (Lipinski definition) is 0. The van der Waals surface area contributed by atoms with E-state index in [1.165, 1.54) is 6.33 Å². The SMILES string of the molecule is CC(C)(C)c1ncnc(N2CCN(Cc3nc(C(F)(F)F)cs3)CC2)c1F. The fraction of sp³-hybridized carbons (Fsp3) is 0.588. The molecule has 0 aromatic carbocycles. The zero-order valence-electron chi connectivity index (χ0n) is 15.3. The molecule has 2 aromatic heterocycles. The Bertz CT molecular complexity index is 791. The summed E-state index contributed by atoms with van der Waals surface area (Å²) < 4.78 is 52.8. The van der Waals surface area contributed by atoms with E-state index in [1.807, 2.05) is 30.6 Å². The van der Waals surface area contributed by atoms with Crippen LogP contribution in [0.2, 0.25) is 0 Å². The molecule has 0 bridgehead atoms. The molecule has 148 valence electrons. The number of halogens is 4. The molecule has 3 rings (SSSR count). The van der Waals surface area contributed by atoms with Gasteiger partial charge in [0.05, 0.1) is 12.2 Å². The van der Waals surface area contributed by atoms with Gasteiger partial charge in [-0.15, -0.1) is 11.3 Å². The van der Waals surface area contributed by atoms with Crippen LogP contribution in [0.1, 0.15) is 37.2 Å². The summed E-state index contributed by atoms with van der Waals surface area (Å²) in [6.45, 7) is 8.29. The quantitative estimate of drug-likeness (QED) is 0.731. The summed E-state index contributed by atoms with van der Waals surface area (Å²) in [5, 5.41) is 1.47. The van der Waals surface area contributed by atoms with Crippen LogP contribution in [0.5, 0.6) is 0 Å². The molecule has 0 saturated carbocycles. The predicted octanol–water partition coefficient (Wildman–Crippen LogP) is 3.71. The average Bonchev–Trinajstić information content (AvgIpc) is 3.04. The van der Waals surface area contributed by atoms with Crippen molar-refractivity contribution in [2.24, 2.45) is 0 Å². The van der Waals surface area contributed by atoms with Crippen LogP contribution in [0.4, 0.5) is 23.4 Å². The monoisotopic (exact) mass is 403 g/mol. The van der Waals surface area contributed by atoms with Crippen molar-refractivity contribution in [1.29, 1.82) is 0 Å². The highest BCUT2D eigenvalue weighted by Gasteiger charge is 2.34. The summed E-state index contributed by atoms with van der Waals surface area (Å²) >= 11 is 1.01. The predicted molar refractivity (Wildman–Crippen MR) is 95.3 cm³/mol. The molecule has 0 unspecified atom stereocenters. The second-order valence-electron chi connectivity index (χ2n) is 7.50. The maximum absolute atomic E-state index is 14.8. The minimum Gasteiger partial charge on any atom is -0.352 e. The van der Waals surface area contributed by atoms with Gasteiger partial charge in [-0.1, -0.05) is 20.8 Å². The molecule has 0 atom stereocenters. The zero-order chi connectivity index (χ0) is 19.8. The van der Waals surface area contributed by atoms with Crippen molar-refractivity contribution in [2.45, 2.75) is 38.9 Å². The molecule has 5 nitrogen and oxygen atoms in total. The van der Waals surface area contributed by atoms with E-state index < -0.39 is 23.1 Å². The molecule has 0 N–H and O–H groups in total. The number of anilines is 1. The van der Waals surface area contributed by atoms with Crippen molar-refractivity contribution >= 4 is 17.2 Å². The van der Waals surface area contributed by atoms with Gasteiger partial charge < -0.3 is 4.90 Å². The van der Waals surface area contributed by atoms with Gasteiger partial charge in [-0.05, 0) is 0 Å². The third kappa shape index (κ3) is 4.55. The van der Waals surface area contributed by atoms with Crippen LogP contribution in [0.3, 0.4) is 0 Å². The fourth-order valence-corrected chi connectivity index (χ4v) is 3.77. The van der Waals surface area contributed by atoms with Gasteiger partial charge >= 0.3 is 6.18 Å². The van der Waals surface area contributed by atoms with Crippen molar-refractivity contribution in [3.05, 3.63) is 33.9 Å². The third-order valence-electron chi connectivity index (χ3n) is 4.35. The summed E-state index contributed by atoms with van der Waals surface area (Å²) in [6, 6.07) is 0. The molecule has 10 heteroatoms. The van der Waals surface area contributed by atoms with Crippen LogP contribution in [-0.2, 0) is 18.1 Å². The highest BCUT2D eigenvalue weighted by Crippen LogP contribution is 2.31. The number of piperazine rings is 1. The van der Waals surface area contributed by atoms with Crippen LogP contribution in [-0.4, -0.2) is 46.0 Å². The minimum atomic E-state index is -4.41. The lowest BCUT2D eigenvalue weighted by molar-refractivity contribution is -0.140. The third-order valence-corrected chi connectivity index (χ3v) is 5.19. The van der Waals surface area contributed by atoms with Gasteiger partial charge in [0.25, 0.3) is 0 Å². The normalized spacial score (nSPS) is 16.8. The molecule has 1 aliphatic heterocycles. The first kappa shape index (κ1) is 19.9. The Kier molecular flexibility index (Phi) is 5.40. The molecule has 1 saturated heterocycles. The Morgan fingerprint density at radius 2 is 1.74 bits per heavy atom. The van der Waals surface area contributed by atoms with Gasteiger partial charge in [-0.2, -0.15) is 13.2 Å². The summed E-state index contributed by atoms with van der Waals surface area (Å²) in [6.07, 6.45) is -3.04. The fourth-order valence-electron chi connectivity index (χ4n) is 2.93. The first-order valence-corrected chi connectivity index (χ1v) is 9.43. The highest BCUT2D eigenvalue weighted by molar-refractivity contribution is 7.09. The van der Waals surface area contributed by atoms with E-state index in [4.69, 9.17) is 0 Å². The topological polar surface area (TPSA) is 45.2 Å². The maximum atomic E-state index is 14.8. The Balaban J connectivity index is 1.64. The lowest BCUT2D eigenvalue weighted by Crippen LogP contribution is -2.46. The first-order chi connectivity index (χ1) is 12.6. The van der Waals surface area contributed by atoms with Crippen molar-refractivity contribution in [3.8, 4) is 0 Å². The molecule has 1 fully saturated rings. The van der Waals surface area contributed by atoms with Gasteiger partial charge in [-0.25, -0.2) is 19.3 Å². The minimum absolute atomic E-state index is 0.281. The summed E-state index contributed by atoms with van der Waals surface area (Å²) in [5.74, 6) is -0.128. The van der Waals surface area contributed by atoms with Crippen LogP contribution in [0, 0.1) is 5.82 Å². The number of rotatable bonds is 3. The van der Waals surface area contributed by atoms with Crippen molar-refractivity contribution in [1.82, 2.24) is 19.9 Å². The molecular formula is C17H21F4N5S.